The molecular formula is C14H19NO2. The van der Waals surface area contributed by atoms with E-state index in [1.54, 1.807) is 12.2 Å². The summed E-state index contributed by atoms with van der Waals surface area (Å²) in [6.45, 7) is 11.0. The number of ether oxygens (including phenoxy) is 2. The molecule has 0 radical (unpaired) electrons. The van der Waals surface area contributed by atoms with E-state index in [0.29, 0.717) is 12.2 Å². The van der Waals surface area contributed by atoms with E-state index in [1.807, 2.05) is 18.2 Å². The molecular weight excluding hydrogens is 214 g/mol. The van der Waals surface area contributed by atoms with E-state index >= 15 is 0 Å². The molecule has 2 aliphatic rings. The van der Waals surface area contributed by atoms with Gasteiger partial charge < -0.3 is 14.4 Å². The monoisotopic (exact) mass is 233 g/mol. The third kappa shape index (κ3) is 4.21. The predicted molar refractivity (Wildman–Crippen MR) is 68.7 cm³/mol. The molecule has 0 saturated carbocycles. The van der Waals surface area contributed by atoms with Crippen molar-refractivity contribution in [3.05, 3.63) is 49.2 Å². The molecule has 0 aromatic rings. The Kier molecular flexibility index (Phi) is 4.18. The normalized spacial score (nSPS) is 26.9. The second-order valence-electron chi connectivity index (χ2n) is 4.24. The first kappa shape index (κ1) is 12.1. The Bertz CT molecular complexity index is 324. The first-order chi connectivity index (χ1) is 8.33. The maximum absolute atomic E-state index is 5.29. The van der Waals surface area contributed by atoms with Crippen LogP contribution < -0.4 is 0 Å². The number of allylic oxidation sites excluding steroid dienone is 5. The summed E-state index contributed by atoms with van der Waals surface area (Å²) in [5, 5.41) is 0. The van der Waals surface area contributed by atoms with Crippen LogP contribution in [0.4, 0.5) is 0 Å². The highest BCUT2D eigenvalue weighted by atomic mass is 16.6. The van der Waals surface area contributed by atoms with Gasteiger partial charge in [-0.15, -0.1) is 0 Å². The molecule has 0 aromatic heterocycles. The van der Waals surface area contributed by atoms with Crippen LogP contribution in [0.3, 0.4) is 0 Å². The summed E-state index contributed by atoms with van der Waals surface area (Å²) in [5.74, 6) is 0. The predicted octanol–water partition coefficient (Wildman–Crippen LogP) is 1.90. The van der Waals surface area contributed by atoms with Crippen molar-refractivity contribution in [1.29, 1.82) is 0 Å². The van der Waals surface area contributed by atoms with Crippen LogP contribution in [0.1, 0.15) is 0 Å². The molecule has 0 aliphatic carbocycles. The molecule has 2 aliphatic heterocycles. The molecule has 3 nitrogen and oxygen atoms in total. The van der Waals surface area contributed by atoms with E-state index in [1.165, 1.54) is 0 Å². The van der Waals surface area contributed by atoms with Crippen molar-refractivity contribution in [2.75, 3.05) is 26.3 Å². The molecule has 2 saturated heterocycles. The Hall–Kier alpha value is -1.32. The molecule has 0 spiro atoms. The van der Waals surface area contributed by atoms with Crippen molar-refractivity contribution in [1.82, 2.24) is 4.90 Å². The molecule has 0 amide bonds. The fraction of sp³-hybridized carbons (Fsp3) is 0.429. The van der Waals surface area contributed by atoms with Gasteiger partial charge in [0.1, 0.15) is 0 Å². The van der Waals surface area contributed by atoms with Gasteiger partial charge in [0.2, 0.25) is 0 Å². The summed E-state index contributed by atoms with van der Waals surface area (Å²) in [5.41, 5.74) is 1.13. The highest BCUT2D eigenvalue weighted by Gasteiger charge is 2.30. The van der Waals surface area contributed by atoms with Crippen LogP contribution in [0.25, 0.3) is 0 Å². The molecule has 92 valence electrons. The molecule has 2 atom stereocenters. The lowest BCUT2D eigenvalue weighted by atomic mass is 10.2. The van der Waals surface area contributed by atoms with Gasteiger partial charge in [0.25, 0.3) is 0 Å². The lowest BCUT2D eigenvalue weighted by molar-refractivity contribution is 0.268. The van der Waals surface area contributed by atoms with Crippen molar-refractivity contribution in [2.45, 2.75) is 12.2 Å². The van der Waals surface area contributed by atoms with Crippen LogP contribution in [0.5, 0.6) is 0 Å². The largest absolute Gasteiger partial charge is 0.371 e. The molecule has 0 N–H and O–H groups in total. The van der Waals surface area contributed by atoms with Crippen molar-refractivity contribution in [2.24, 2.45) is 0 Å². The van der Waals surface area contributed by atoms with Gasteiger partial charge >= 0.3 is 0 Å². The zero-order valence-corrected chi connectivity index (χ0v) is 10.0. The topological polar surface area (TPSA) is 28.3 Å². The Morgan fingerprint density at radius 1 is 1.12 bits per heavy atom. The van der Waals surface area contributed by atoms with Crippen molar-refractivity contribution < 1.29 is 9.47 Å². The Labute approximate surface area is 103 Å². The Morgan fingerprint density at radius 3 is 2.12 bits per heavy atom. The average Bonchev–Trinajstić information content (AvgIpc) is 3.18. The molecule has 17 heavy (non-hydrogen) atoms. The van der Waals surface area contributed by atoms with Gasteiger partial charge in [0, 0.05) is 18.8 Å². The average molecular weight is 233 g/mol. The van der Waals surface area contributed by atoms with E-state index < -0.39 is 0 Å². The SMILES string of the molecule is C=C/C=C\C(=C/C=C)N(CC1CO1)CC1CO1. The van der Waals surface area contributed by atoms with Gasteiger partial charge in [-0.1, -0.05) is 31.4 Å². The van der Waals surface area contributed by atoms with E-state index in [9.17, 15) is 0 Å². The molecule has 0 bridgehead atoms. The second-order valence-corrected chi connectivity index (χ2v) is 4.24. The molecule has 2 heterocycles. The van der Waals surface area contributed by atoms with Crippen LogP contribution in [0, 0.1) is 0 Å². The van der Waals surface area contributed by atoms with Gasteiger partial charge in [-0.2, -0.15) is 0 Å². The molecule has 0 aromatic carbocycles. The summed E-state index contributed by atoms with van der Waals surface area (Å²) < 4.78 is 10.6. The van der Waals surface area contributed by atoms with Crippen LogP contribution in [0.2, 0.25) is 0 Å². The zero-order chi connectivity index (χ0) is 12.1. The quantitative estimate of drug-likeness (QED) is 0.473. The number of nitrogens with zero attached hydrogens (tertiary/aromatic N) is 1. The number of hydrogen-bond acceptors (Lipinski definition) is 3. The van der Waals surface area contributed by atoms with Gasteiger partial charge in [-0.25, -0.2) is 0 Å². The Balaban J connectivity index is 2.01. The van der Waals surface area contributed by atoms with E-state index in [-0.39, 0.29) is 0 Å². The van der Waals surface area contributed by atoms with Crippen LogP contribution in [0.15, 0.2) is 49.2 Å². The maximum Gasteiger partial charge on any atom is 0.0984 e. The molecule has 2 unspecified atom stereocenters. The van der Waals surface area contributed by atoms with Gasteiger partial charge in [0.15, 0.2) is 0 Å². The van der Waals surface area contributed by atoms with Crippen molar-refractivity contribution in [3.63, 3.8) is 0 Å². The molecule has 2 fully saturated rings. The Morgan fingerprint density at radius 2 is 1.71 bits per heavy atom. The highest BCUT2D eigenvalue weighted by Crippen LogP contribution is 2.20. The summed E-state index contributed by atoms with van der Waals surface area (Å²) in [7, 11) is 0. The third-order valence-corrected chi connectivity index (χ3v) is 2.71. The fourth-order valence-corrected chi connectivity index (χ4v) is 1.68. The maximum atomic E-state index is 5.29. The van der Waals surface area contributed by atoms with Crippen LogP contribution >= 0.6 is 0 Å². The lowest BCUT2D eigenvalue weighted by Gasteiger charge is -2.24. The summed E-state index contributed by atoms with van der Waals surface area (Å²) in [6.07, 6.45) is 10.3. The number of hydrogen-bond donors (Lipinski definition) is 0. The van der Waals surface area contributed by atoms with Crippen molar-refractivity contribution in [3.8, 4) is 0 Å². The second kappa shape index (κ2) is 5.84. The summed E-state index contributed by atoms with van der Waals surface area (Å²) in [4.78, 5) is 2.29. The minimum absolute atomic E-state index is 0.374. The first-order valence-corrected chi connectivity index (χ1v) is 5.93. The summed E-state index contributed by atoms with van der Waals surface area (Å²) in [6, 6.07) is 0. The number of rotatable bonds is 8. The van der Waals surface area contributed by atoms with Gasteiger partial charge in [-0.05, 0) is 12.2 Å². The first-order valence-electron chi connectivity index (χ1n) is 5.93. The van der Waals surface area contributed by atoms with Crippen LogP contribution in [-0.2, 0) is 9.47 Å². The lowest BCUT2D eigenvalue weighted by Crippen LogP contribution is -2.30. The van der Waals surface area contributed by atoms with Crippen LogP contribution in [-0.4, -0.2) is 43.4 Å². The molecule has 3 heteroatoms. The van der Waals surface area contributed by atoms with Crippen molar-refractivity contribution >= 4 is 0 Å². The van der Waals surface area contributed by atoms with E-state index in [2.05, 4.69) is 18.1 Å². The summed E-state index contributed by atoms with van der Waals surface area (Å²) >= 11 is 0. The number of epoxide rings is 2. The fourth-order valence-electron chi connectivity index (χ4n) is 1.68. The minimum atomic E-state index is 0.374. The molecule has 2 rings (SSSR count). The third-order valence-electron chi connectivity index (χ3n) is 2.71. The van der Waals surface area contributed by atoms with E-state index in [4.69, 9.17) is 9.47 Å². The minimum Gasteiger partial charge on any atom is -0.371 e. The highest BCUT2D eigenvalue weighted by molar-refractivity contribution is 5.25. The zero-order valence-electron chi connectivity index (χ0n) is 10.0. The van der Waals surface area contributed by atoms with Gasteiger partial charge in [-0.3, -0.25) is 0 Å². The standard InChI is InChI=1S/C14H19NO2/c1-3-5-7-12(6-4-2)15(8-13-10-16-13)9-14-11-17-14/h3-7,13-14H,1-2,8-11H2/b7-5-,12-6+. The van der Waals surface area contributed by atoms with Gasteiger partial charge in [0.05, 0.1) is 25.4 Å². The smallest absolute Gasteiger partial charge is 0.0984 e. The van der Waals surface area contributed by atoms with E-state index in [0.717, 1.165) is 32.0 Å².